The number of esters is 1. The van der Waals surface area contributed by atoms with Crippen LogP contribution in [-0.4, -0.2) is 61.6 Å². The van der Waals surface area contributed by atoms with Crippen LogP contribution in [0.4, 0.5) is 10.5 Å². The highest BCUT2D eigenvalue weighted by molar-refractivity contribution is 6.31. The summed E-state index contributed by atoms with van der Waals surface area (Å²) in [5.41, 5.74) is 0.683. The predicted molar refractivity (Wildman–Crippen MR) is 102 cm³/mol. The van der Waals surface area contributed by atoms with Crippen molar-refractivity contribution in [2.75, 3.05) is 45.2 Å². The highest BCUT2D eigenvalue weighted by Gasteiger charge is 2.26. The fourth-order valence-corrected chi connectivity index (χ4v) is 3.92. The van der Waals surface area contributed by atoms with E-state index in [1.54, 1.807) is 18.2 Å². The van der Waals surface area contributed by atoms with Crippen molar-refractivity contribution in [3.63, 3.8) is 0 Å². The maximum absolute atomic E-state index is 12.6. The van der Waals surface area contributed by atoms with Gasteiger partial charge in [-0.2, -0.15) is 0 Å². The lowest BCUT2D eigenvalue weighted by Crippen LogP contribution is -2.43. The first-order valence-electron chi connectivity index (χ1n) is 9.23. The molecular weight excluding hydrogens is 354 g/mol. The summed E-state index contributed by atoms with van der Waals surface area (Å²) in [6.07, 6.45) is 4.65. The molecule has 0 atom stereocenters. The van der Waals surface area contributed by atoms with Gasteiger partial charge in [0.2, 0.25) is 0 Å². The zero-order valence-electron chi connectivity index (χ0n) is 15.2. The summed E-state index contributed by atoms with van der Waals surface area (Å²) in [6, 6.07) is 4.54. The van der Waals surface area contributed by atoms with E-state index in [-0.39, 0.29) is 6.03 Å². The lowest BCUT2D eigenvalue weighted by atomic mass is 9.96. The van der Waals surface area contributed by atoms with Crippen molar-refractivity contribution in [2.24, 2.45) is 5.92 Å². The van der Waals surface area contributed by atoms with Crippen LogP contribution in [0.25, 0.3) is 0 Å². The molecule has 0 aliphatic carbocycles. The van der Waals surface area contributed by atoms with Crippen molar-refractivity contribution in [1.82, 2.24) is 9.80 Å². The molecule has 2 aliphatic heterocycles. The Balaban J connectivity index is 1.56. The number of hydrogen-bond acceptors (Lipinski definition) is 4. The first-order chi connectivity index (χ1) is 12.6. The smallest absolute Gasteiger partial charge is 0.339 e. The fraction of sp³-hybridized carbons (Fsp3) is 0.579. The number of halogens is 1. The van der Waals surface area contributed by atoms with Crippen molar-refractivity contribution in [3.8, 4) is 0 Å². The minimum Gasteiger partial charge on any atom is -0.465 e. The molecule has 2 heterocycles. The molecule has 0 bridgehead atoms. The third kappa shape index (κ3) is 4.68. The first-order valence-corrected chi connectivity index (χ1v) is 9.61. The monoisotopic (exact) mass is 379 g/mol. The molecule has 2 saturated heterocycles. The van der Waals surface area contributed by atoms with Crippen LogP contribution >= 0.6 is 11.6 Å². The second kappa shape index (κ2) is 8.73. The molecule has 2 aliphatic rings. The SMILES string of the molecule is COC(=O)c1ccc(Cl)cc1NC(=O)N1CCC(CN2CCCC2)CC1. The summed E-state index contributed by atoms with van der Waals surface area (Å²) >= 11 is 6.01. The Kier molecular flexibility index (Phi) is 6.38. The number of carbonyl (C=O) groups excluding carboxylic acids is 2. The number of likely N-dealkylation sites (tertiary alicyclic amines) is 2. The van der Waals surface area contributed by atoms with E-state index < -0.39 is 5.97 Å². The molecular formula is C19H26ClN3O3. The van der Waals surface area contributed by atoms with Gasteiger partial charge >= 0.3 is 12.0 Å². The number of nitrogens with one attached hydrogen (secondary N) is 1. The number of rotatable bonds is 4. The molecule has 0 radical (unpaired) electrons. The Bertz CT molecular complexity index is 653. The van der Waals surface area contributed by atoms with Crippen LogP contribution in [0.3, 0.4) is 0 Å². The zero-order chi connectivity index (χ0) is 18.5. The predicted octanol–water partition coefficient (Wildman–Crippen LogP) is 3.47. The topological polar surface area (TPSA) is 61.9 Å². The Morgan fingerprint density at radius 3 is 2.54 bits per heavy atom. The zero-order valence-corrected chi connectivity index (χ0v) is 15.9. The van der Waals surface area contributed by atoms with E-state index >= 15 is 0 Å². The van der Waals surface area contributed by atoms with Gasteiger partial charge in [0.05, 0.1) is 18.4 Å². The van der Waals surface area contributed by atoms with E-state index in [0.717, 1.165) is 32.5 Å². The van der Waals surface area contributed by atoms with Crippen LogP contribution in [-0.2, 0) is 4.74 Å². The minimum absolute atomic E-state index is 0.197. The number of amides is 2. The van der Waals surface area contributed by atoms with E-state index in [4.69, 9.17) is 16.3 Å². The Hall–Kier alpha value is -1.79. The van der Waals surface area contributed by atoms with Gasteiger partial charge in [-0.25, -0.2) is 9.59 Å². The molecule has 2 fully saturated rings. The highest BCUT2D eigenvalue weighted by Crippen LogP contribution is 2.24. The van der Waals surface area contributed by atoms with Crippen LogP contribution in [0.15, 0.2) is 18.2 Å². The lowest BCUT2D eigenvalue weighted by molar-refractivity contribution is 0.0602. The van der Waals surface area contributed by atoms with Crippen LogP contribution in [0.1, 0.15) is 36.0 Å². The number of anilines is 1. The third-order valence-corrected chi connectivity index (χ3v) is 5.48. The van der Waals surface area contributed by atoms with Crippen molar-refractivity contribution >= 4 is 29.3 Å². The molecule has 1 aromatic carbocycles. The number of ether oxygens (including phenoxy) is 1. The van der Waals surface area contributed by atoms with Gasteiger partial charge in [-0.05, 0) is 62.9 Å². The summed E-state index contributed by atoms with van der Waals surface area (Å²) in [5.74, 6) is 0.162. The summed E-state index contributed by atoms with van der Waals surface area (Å²) < 4.78 is 4.77. The summed E-state index contributed by atoms with van der Waals surface area (Å²) in [7, 11) is 1.31. The van der Waals surface area contributed by atoms with Gasteiger partial charge in [0.1, 0.15) is 0 Å². The molecule has 142 valence electrons. The molecule has 7 heteroatoms. The summed E-state index contributed by atoms with van der Waals surface area (Å²) in [6.45, 7) is 5.05. The number of nitrogens with zero attached hydrogens (tertiary/aromatic N) is 2. The average Bonchev–Trinajstić information content (AvgIpc) is 3.15. The van der Waals surface area contributed by atoms with Gasteiger partial charge in [-0.15, -0.1) is 0 Å². The first kappa shape index (κ1) is 19.0. The Morgan fingerprint density at radius 1 is 1.19 bits per heavy atom. The van der Waals surface area contributed by atoms with Crippen molar-refractivity contribution in [1.29, 1.82) is 0 Å². The second-order valence-corrected chi connectivity index (χ2v) is 7.49. The largest absolute Gasteiger partial charge is 0.465 e. The third-order valence-electron chi connectivity index (χ3n) is 5.25. The number of methoxy groups -OCH3 is 1. The molecule has 0 unspecified atom stereocenters. The number of hydrogen-bond donors (Lipinski definition) is 1. The molecule has 0 saturated carbocycles. The fourth-order valence-electron chi connectivity index (χ4n) is 3.75. The van der Waals surface area contributed by atoms with Gasteiger partial charge in [0.25, 0.3) is 0 Å². The van der Waals surface area contributed by atoms with Crippen LogP contribution < -0.4 is 5.32 Å². The van der Waals surface area contributed by atoms with Crippen LogP contribution in [0.5, 0.6) is 0 Å². The maximum atomic E-state index is 12.6. The number of benzene rings is 1. The Labute approximate surface area is 159 Å². The van der Waals surface area contributed by atoms with E-state index in [2.05, 4.69) is 10.2 Å². The molecule has 0 spiro atoms. The van der Waals surface area contributed by atoms with Gasteiger partial charge < -0.3 is 19.9 Å². The van der Waals surface area contributed by atoms with Crippen molar-refractivity contribution in [3.05, 3.63) is 28.8 Å². The molecule has 2 amide bonds. The average molecular weight is 380 g/mol. The van der Waals surface area contributed by atoms with Gasteiger partial charge in [0.15, 0.2) is 0 Å². The van der Waals surface area contributed by atoms with Gasteiger partial charge in [0, 0.05) is 24.7 Å². The molecule has 26 heavy (non-hydrogen) atoms. The van der Waals surface area contributed by atoms with E-state index in [9.17, 15) is 9.59 Å². The van der Waals surface area contributed by atoms with E-state index in [1.807, 2.05) is 4.90 Å². The quantitative estimate of drug-likeness (QED) is 0.814. The molecule has 0 aromatic heterocycles. The highest BCUT2D eigenvalue weighted by atomic mass is 35.5. The van der Waals surface area contributed by atoms with Crippen molar-refractivity contribution < 1.29 is 14.3 Å². The minimum atomic E-state index is -0.499. The van der Waals surface area contributed by atoms with Crippen molar-refractivity contribution in [2.45, 2.75) is 25.7 Å². The second-order valence-electron chi connectivity index (χ2n) is 7.05. The summed E-state index contributed by atoms with van der Waals surface area (Å²) in [4.78, 5) is 28.8. The maximum Gasteiger partial charge on any atom is 0.339 e. The normalized spacial score (nSPS) is 18.8. The number of piperidine rings is 1. The number of carbonyl (C=O) groups is 2. The van der Waals surface area contributed by atoms with E-state index in [1.165, 1.54) is 33.0 Å². The molecule has 6 nitrogen and oxygen atoms in total. The molecule has 3 rings (SSSR count). The summed E-state index contributed by atoms with van der Waals surface area (Å²) in [5, 5.41) is 3.27. The van der Waals surface area contributed by atoms with E-state index in [0.29, 0.717) is 22.2 Å². The number of urea groups is 1. The van der Waals surface area contributed by atoms with Gasteiger partial charge in [-0.1, -0.05) is 11.6 Å². The van der Waals surface area contributed by atoms with Crippen LogP contribution in [0, 0.1) is 5.92 Å². The molecule has 1 N–H and O–H groups in total. The lowest BCUT2D eigenvalue weighted by Gasteiger charge is -2.34. The van der Waals surface area contributed by atoms with Gasteiger partial charge in [-0.3, -0.25) is 0 Å². The van der Waals surface area contributed by atoms with Crippen LogP contribution in [0.2, 0.25) is 5.02 Å². The Morgan fingerprint density at radius 2 is 1.88 bits per heavy atom. The standard InChI is InChI=1S/C19H26ClN3O3/c1-26-18(24)16-5-4-15(20)12-17(16)21-19(25)23-10-6-14(7-11-23)13-22-8-2-3-9-22/h4-5,12,14H,2-3,6-11,13H2,1H3,(H,21,25). The molecule has 1 aromatic rings.